The van der Waals surface area contributed by atoms with Gasteiger partial charge in [0.2, 0.25) is 0 Å². The van der Waals surface area contributed by atoms with E-state index in [4.69, 9.17) is 0 Å². The van der Waals surface area contributed by atoms with Crippen molar-refractivity contribution >= 4 is 12.0 Å². The van der Waals surface area contributed by atoms with Crippen LogP contribution >= 0.6 is 0 Å². The fourth-order valence-electron chi connectivity index (χ4n) is 2.19. The Bertz CT molecular complexity index is 281. The number of carbonyl (C=O) groups is 2. The van der Waals surface area contributed by atoms with Crippen LogP contribution in [0, 0.1) is 0 Å². The van der Waals surface area contributed by atoms with Gasteiger partial charge in [0.15, 0.2) is 0 Å². The van der Waals surface area contributed by atoms with E-state index in [1.165, 1.54) is 13.5 Å². The van der Waals surface area contributed by atoms with Crippen LogP contribution in [0.1, 0.15) is 45.4 Å². The van der Waals surface area contributed by atoms with Crippen molar-refractivity contribution in [3.63, 3.8) is 0 Å². The van der Waals surface area contributed by atoms with Crippen molar-refractivity contribution in [3.8, 4) is 0 Å². The molecule has 0 aromatic rings. The summed E-state index contributed by atoms with van der Waals surface area (Å²) in [6, 6.07) is 0.370. The molecule has 5 heteroatoms. The second kappa shape index (κ2) is 7.95. The largest absolute Gasteiger partial charge is 0.469 e. The van der Waals surface area contributed by atoms with E-state index in [0.717, 1.165) is 32.2 Å². The zero-order valence-electron chi connectivity index (χ0n) is 11.4. The molecule has 2 amide bonds. The highest BCUT2D eigenvalue weighted by Gasteiger charge is 2.22. The van der Waals surface area contributed by atoms with Gasteiger partial charge in [0, 0.05) is 25.6 Å². The molecule has 1 aliphatic heterocycles. The standard InChI is InChI=1S/C13H24N2O3/c1-11-7-4-6-10-15(11)13(17)14-9-5-3-8-12(16)18-2/h11H,3-10H2,1-2H3,(H,14,17). The van der Waals surface area contributed by atoms with E-state index in [2.05, 4.69) is 17.0 Å². The molecule has 0 bridgehead atoms. The first kappa shape index (κ1) is 14.8. The van der Waals surface area contributed by atoms with Gasteiger partial charge in [-0.3, -0.25) is 4.79 Å². The Morgan fingerprint density at radius 3 is 2.78 bits per heavy atom. The van der Waals surface area contributed by atoms with E-state index in [-0.39, 0.29) is 12.0 Å². The monoisotopic (exact) mass is 256 g/mol. The molecule has 1 N–H and O–H groups in total. The first-order chi connectivity index (χ1) is 8.65. The molecule has 0 aromatic carbocycles. The Kier molecular flexibility index (Phi) is 6.54. The van der Waals surface area contributed by atoms with Gasteiger partial charge in [0.05, 0.1) is 7.11 Å². The number of rotatable bonds is 5. The third kappa shape index (κ3) is 4.94. The second-order valence-corrected chi connectivity index (χ2v) is 4.80. The Balaban J connectivity index is 2.11. The SMILES string of the molecule is COC(=O)CCCCNC(=O)N1CCCCC1C. The summed E-state index contributed by atoms with van der Waals surface area (Å²) in [5.41, 5.74) is 0. The van der Waals surface area contributed by atoms with Crippen LogP contribution in [-0.4, -0.2) is 43.1 Å². The number of carbonyl (C=O) groups excluding carboxylic acids is 2. The van der Waals surface area contributed by atoms with Gasteiger partial charge in [-0.05, 0) is 39.0 Å². The van der Waals surface area contributed by atoms with Crippen molar-refractivity contribution in [3.05, 3.63) is 0 Å². The highest BCUT2D eigenvalue weighted by Crippen LogP contribution is 2.16. The lowest BCUT2D eigenvalue weighted by Gasteiger charge is -2.33. The molecule has 0 aliphatic carbocycles. The summed E-state index contributed by atoms with van der Waals surface area (Å²) < 4.78 is 4.55. The number of hydrogen-bond donors (Lipinski definition) is 1. The number of esters is 1. The van der Waals surface area contributed by atoms with Crippen molar-refractivity contribution in [2.24, 2.45) is 0 Å². The summed E-state index contributed by atoms with van der Waals surface area (Å²) in [6.07, 6.45) is 5.39. The zero-order chi connectivity index (χ0) is 13.4. The number of hydrogen-bond acceptors (Lipinski definition) is 3. The summed E-state index contributed by atoms with van der Waals surface area (Å²) >= 11 is 0. The molecule has 18 heavy (non-hydrogen) atoms. The first-order valence-corrected chi connectivity index (χ1v) is 6.76. The third-order valence-electron chi connectivity index (χ3n) is 3.38. The van der Waals surface area contributed by atoms with Crippen LogP contribution in [-0.2, 0) is 9.53 Å². The van der Waals surface area contributed by atoms with Crippen molar-refractivity contribution in [2.45, 2.75) is 51.5 Å². The smallest absolute Gasteiger partial charge is 0.317 e. The van der Waals surface area contributed by atoms with Gasteiger partial charge in [0.1, 0.15) is 0 Å². The number of amides is 2. The molecule has 104 valence electrons. The number of likely N-dealkylation sites (tertiary alicyclic amines) is 1. The van der Waals surface area contributed by atoms with E-state index >= 15 is 0 Å². The molecule has 1 saturated heterocycles. The molecule has 1 rings (SSSR count). The highest BCUT2D eigenvalue weighted by atomic mass is 16.5. The van der Waals surface area contributed by atoms with Crippen LogP contribution < -0.4 is 5.32 Å². The molecule has 1 aliphatic rings. The quantitative estimate of drug-likeness (QED) is 0.604. The van der Waals surface area contributed by atoms with E-state index in [1.807, 2.05) is 4.90 Å². The van der Waals surface area contributed by atoms with Gasteiger partial charge >= 0.3 is 12.0 Å². The van der Waals surface area contributed by atoms with E-state index < -0.39 is 0 Å². The van der Waals surface area contributed by atoms with E-state index in [0.29, 0.717) is 19.0 Å². The molecule has 0 spiro atoms. The van der Waals surface area contributed by atoms with Crippen molar-refractivity contribution in [1.82, 2.24) is 10.2 Å². The predicted molar refractivity (Wildman–Crippen MR) is 69.3 cm³/mol. The van der Waals surface area contributed by atoms with Gasteiger partial charge in [0.25, 0.3) is 0 Å². The minimum absolute atomic E-state index is 0.0280. The summed E-state index contributed by atoms with van der Waals surface area (Å²) in [6.45, 7) is 3.57. The molecule has 1 fully saturated rings. The van der Waals surface area contributed by atoms with Crippen molar-refractivity contribution in [1.29, 1.82) is 0 Å². The Hall–Kier alpha value is -1.26. The fraction of sp³-hybridized carbons (Fsp3) is 0.846. The van der Waals surface area contributed by atoms with Crippen LogP contribution in [0.4, 0.5) is 4.79 Å². The number of ether oxygens (including phenoxy) is 1. The normalized spacial score (nSPS) is 19.4. The second-order valence-electron chi connectivity index (χ2n) is 4.80. The highest BCUT2D eigenvalue weighted by molar-refractivity contribution is 5.74. The maximum atomic E-state index is 11.9. The Labute approximate surface area is 109 Å². The van der Waals surface area contributed by atoms with E-state index in [9.17, 15) is 9.59 Å². The maximum absolute atomic E-state index is 11.9. The molecular formula is C13H24N2O3. The lowest BCUT2D eigenvalue weighted by Crippen LogP contribution is -2.47. The minimum atomic E-state index is -0.189. The Morgan fingerprint density at radius 2 is 2.11 bits per heavy atom. The van der Waals surface area contributed by atoms with Crippen LogP contribution in [0.2, 0.25) is 0 Å². The number of nitrogens with one attached hydrogen (secondary N) is 1. The van der Waals surface area contributed by atoms with Gasteiger partial charge < -0.3 is 15.0 Å². The van der Waals surface area contributed by atoms with Crippen molar-refractivity contribution < 1.29 is 14.3 Å². The number of nitrogens with zero attached hydrogens (tertiary/aromatic N) is 1. The topological polar surface area (TPSA) is 58.6 Å². The van der Waals surface area contributed by atoms with Crippen molar-refractivity contribution in [2.75, 3.05) is 20.2 Å². The number of unbranched alkanes of at least 4 members (excludes halogenated alkanes) is 1. The minimum Gasteiger partial charge on any atom is -0.469 e. The molecule has 1 heterocycles. The molecule has 0 saturated carbocycles. The molecule has 0 aromatic heterocycles. The summed E-state index contributed by atoms with van der Waals surface area (Å²) in [5.74, 6) is -0.189. The van der Waals surface area contributed by atoms with Gasteiger partial charge in [-0.25, -0.2) is 4.79 Å². The van der Waals surface area contributed by atoms with Gasteiger partial charge in [-0.1, -0.05) is 0 Å². The molecule has 5 nitrogen and oxygen atoms in total. The fourth-order valence-corrected chi connectivity index (χ4v) is 2.19. The van der Waals surface area contributed by atoms with Crippen LogP contribution in [0.3, 0.4) is 0 Å². The summed E-state index contributed by atoms with van der Waals surface area (Å²) in [4.78, 5) is 24.7. The van der Waals surface area contributed by atoms with Crippen LogP contribution in [0.5, 0.6) is 0 Å². The third-order valence-corrected chi connectivity index (χ3v) is 3.38. The molecule has 1 unspecified atom stereocenters. The number of urea groups is 1. The average Bonchev–Trinajstić information content (AvgIpc) is 2.38. The molecule has 0 radical (unpaired) electrons. The van der Waals surface area contributed by atoms with Crippen LogP contribution in [0.15, 0.2) is 0 Å². The molecule has 1 atom stereocenters. The summed E-state index contributed by atoms with van der Waals surface area (Å²) in [7, 11) is 1.39. The maximum Gasteiger partial charge on any atom is 0.317 e. The first-order valence-electron chi connectivity index (χ1n) is 6.76. The van der Waals surface area contributed by atoms with Crippen LogP contribution in [0.25, 0.3) is 0 Å². The average molecular weight is 256 g/mol. The number of piperidine rings is 1. The number of methoxy groups -OCH3 is 1. The molecular weight excluding hydrogens is 232 g/mol. The zero-order valence-corrected chi connectivity index (χ0v) is 11.4. The van der Waals surface area contributed by atoms with E-state index in [1.54, 1.807) is 0 Å². The predicted octanol–water partition coefficient (Wildman–Crippen LogP) is 1.91. The van der Waals surface area contributed by atoms with Gasteiger partial charge in [-0.2, -0.15) is 0 Å². The summed E-state index contributed by atoms with van der Waals surface area (Å²) in [5, 5.41) is 2.91. The Morgan fingerprint density at radius 1 is 1.33 bits per heavy atom. The van der Waals surface area contributed by atoms with Gasteiger partial charge in [-0.15, -0.1) is 0 Å². The lowest BCUT2D eigenvalue weighted by molar-refractivity contribution is -0.140. The lowest BCUT2D eigenvalue weighted by atomic mass is 10.0.